The van der Waals surface area contributed by atoms with Gasteiger partial charge in [-0.05, 0) is 46.2 Å². The van der Waals surface area contributed by atoms with E-state index in [4.69, 9.17) is 9.26 Å². The van der Waals surface area contributed by atoms with Crippen molar-refractivity contribution < 1.29 is 18.8 Å². The molecule has 7 heteroatoms. The van der Waals surface area contributed by atoms with E-state index in [9.17, 15) is 9.59 Å². The first-order chi connectivity index (χ1) is 13.1. The lowest BCUT2D eigenvalue weighted by atomic mass is 10.1. The minimum atomic E-state index is -0.580. The van der Waals surface area contributed by atoms with Crippen molar-refractivity contribution >= 4 is 17.7 Å². The highest BCUT2D eigenvalue weighted by molar-refractivity contribution is 5.95. The summed E-state index contributed by atoms with van der Waals surface area (Å²) in [5, 5.41) is 3.93. The normalized spacial score (nSPS) is 17.1. The van der Waals surface area contributed by atoms with Crippen molar-refractivity contribution in [3.05, 3.63) is 47.3 Å². The van der Waals surface area contributed by atoms with E-state index in [1.807, 2.05) is 52.0 Å². The number of aromatic nitrogens is 1. The van der Waals surface area contributed by atoms with Crippen LogP contribution in [-0.2, 0) is 22.5 Å². The second-order valence-corrected chi connectivity index (χ2v) is 8.20. The standard InChI is InChI=1S/C21H27N3O4/c1-14-12-24(19(25)11-17-10-15(2)28-22-17)18-9-7-6-8-16(18)13-23(14)20(26)27-21(3,4)5/h6-10,14H,11-13H2,1-5H3/t14-/m0/s1. The van der Waals surface area contributed by atoms with E-state index in [1.54, 1.807) is 22.8 Å². The third-order valence-electron chi connectivity index (χ3n) is 4.54. The molecule has 150 valence electrons. The lowest BCUT2D eigenvalue weighted by Crippen LogP contribution is -2.46. The van der Waals surface area contributed by atoms with Gasteiger partial charge in [-0.25, -0.2) is 4.79 Å². The van der Waals surface area contributed by atoms with Gasteiger partial charge in [0, 0.05) is 18.3 Å². The number of ether oxygens (including phenoxy) is 1. The molecule has 0 radical (unpaired) electrons. The Bertz CT molecular complexity index is 869. The summed E-state index contributed by atoms with van der Waals surface area (Å²) in [5.74, 6) is 0.585. The molecule has 7 nitrogen and oxygen atoms in total. The zero-order chi connectivity index (χ0) is 20.5. The molecule has 0 spiro atoms. The molecule has 1 aromatic heterocycles. The van der Waals surface area contributed by atoms with Crippen molar-refractivity contribution in [2.45, 2.75) is 59.2 Å². The fourth-order valence-corrected chi connectivity index (χ4v) is 3.26. The van der Waals surface area contributed by atoms with Crippen LogP contribution in [0.5, 0.6) is 0 Å². The zero-order valence-electron chi connectivity index (χ0n) is 17.1. The van der Waals surface area contributed by atoms with Crippen molar-refractivity contribution in [3.63, 3.8) is 0 Å². The van der Waals surface area contributed by atoms with Crippen LogP contribution in [-0.4, -0.2) is 40.2 Å². The van der Waals surface area contributed by atoms with Crippen LogP contribution in [0.4, 0.5) is 10.5 Å². The Morgan fingerprint density at radius 2 is 2.00 bits per heavy atom. The molecular formula is C21H27N3O4. The number of carbonyl (C=O) groups excluding carboxylic acids is 2. The Morgan fingerprint density at radius 1 is 1.29 bits per heavy atom. The van der Waals surface area contributed by atoms with Crippen molar-refractivity contribution in [1.82, 2.24) is 10.1 Å². The van der Waals surface area contributed by atoms with Gasteiger partial charge < -0.3 is 14.2 Å². The number of rotatable bonds is 2. The van der Waals surface area contributed by atoms with Gasteiger partial charge in [-0.15, -0.1) is 0 Å². The van der Waals surface area contributed by atoms with Crippen molar-refractivity contribution in [1.29, 1.82) is 0 Å². The quantitative estimate of drug-likeness (QED) is 0.788. The molecule has 2 aromatic rings. The summed E-state index contributed by atoms with van der Waals surface area (Å²) in [4.78, 5) is 29.2. The van der Waals surface area contributed by atoms with Gasteiger partial charge in [-0.1, -0.05) is 23.4 Å². The second kappa shape index (κ2) is 7.66. The summed E-state index contributed by atoms with van der Waals surface area (Å²) >= 11 is 0. The number of amides is 2. The maximum absolute atomic E-state index is 13.1. The summed E-state index contributed by atoms with van der Waals surface area (Å²) in [6, 6.07) is 9.21. The summed E-state index contributed by atoms with van der Waals surface area (Å²) < 4.78 is 10.6. The monoisotopic (exact) mass is 385 g/mol. The molecule has 2 amide bonds. The van der Waals surface area contributed by atoms with E-state index in [-0.39, 0.29) is 24.5 Å². The van der Waals surface area contributed by atoms with Gasteiger partial charge in [-0.2, -0.15) is 0 Å². The highest BCUT2D eigenvalue weighted by Gasteiger charge is 2.33. The van der Waals surface area contributed by atoms with Crippen LogP contribution in [0, 0.1) is 6.92 Å². The number of anilines is 1. The Kier molecular flexibility index (Phi) is 5.45. The Balaban J connectivity index is 1.87. The topological polar surface area (TPSA) is 75.9 Å². The predicted octanol–water partition coefficient (Wildman–Crippen LogP) is 3.70. The molecule has 2 heterocycles. The highest BCUT2D eigenvalue weighted by atomic mass is 16.6. The van der Waals surface area contributed by atoms with Crippen molar-refractivity contribution in [2.24, 2.45) is 0 Å². The van der Waals surface area contributed by atoms with E-state index in [2.05, 4.69) is 5.16 Å². The molecule has 0 unspecified atom stereocenters. The summed E-state index contributed by atoms with van der Waals surface area (Å²) in [6.45, 7) is 10.0. The molecule has 1 atom stereocenters. The van der Waals surface area contributed by atoms with Crippen molar-refractivity contribution in [3.8, 4) is 0 Å². The zero-order valence-corrected chi connectivity index (χ0v) is 17.1. The molecule has 0 saturated heterocycles. The molecule has 0 bridgehead atoms. The van der Waals surface area contributed by atoms with Crippen LogP contribution in [0.25, 0.3) is 0 Å². The first-order valence-corrected chi connectivity index (χ1v) is 9.44. The van der Waals surface area contributed by atoms with Crippen LogP contribution >= 0.6 is 0 Å². The third kappa shape index (κ3) is 4.52. The fraction of sp³-hybridized carbons (Fsp3) is 0.476. The van der Waals surface area contributed by atoms with E-state index < -0.39 is 5.60 Å². The molecule has 28 heavy (non-hydrogen) atoms. The Hall–Kier alpha value is -2.83. The minimum Gasteiger partial charge on any atom is -0.444 e. The smallest absolute Gasteiger partial charge is 0.410 e. The summed E-state index contributed by atoms with van der Waals surface area (Å²) in [5.41, 5.74) is 1.73. The maximum Gasteiger partial charge on any atom is 0.410 e. The van der Waals surface area contributed by atoms with E-state index >= 15 is 0 Å². The molecule has 0 N–H and O–H groups in total. The van der Waals surface area contributed by atoms with Crippen LogP contribution in [0.2, 0.25) is 0 Å². The lowest BCUT2D eigenvalue weighted by molar-refractivity contribution is -0.118. The summed E-state index contributed by atoms with van der Waals surface area (Å²) in [6.07, 6.45) is -0.235. The number of hydrogen-bond acceptors (Lipinski definition) is 5. The van der Waals surface area contributed by atoms with E-state index in [0.29, 0.717) is 24.5 Å². The SMILES string of the molecule is Cc1cc(CC(=O)N2C[C@H](C)N(C(=O)OC(C)(C)C)Cc3ccccc32)no1. The fourth-order valence-electron chi connectivity index (χ4n) is 3.26. The van der Waals surface area contributed by atoms with Gasteiger partial charge in [0.2, 0.25) is 5.91 Å². The Labute approximate surface area is 165 Å². The number of nitrogens with zero attached hydrogens (tertiary/aromatic N) is 3. The molecule has 1 aromatic carbocycles. The Morgan fingerprint density at radius 3 is 2.64 bits per heavy atom. The average molecular weight is 385 g/mol. The molecule has 0 fully saturated rings. The van der Waals surface area contributed by atoms with Gasteiger partial charge in [0.25, 0.3) is 0 Å². The van der Waals surface area contributed by atoms with Crippen LogP contribution in [0.1, 0.15) is 44.7 Å². The number of fused-ring (bicyclic) bond motifs is 1. The molecule has 1 aliphatic rings. The molecule has 0 saturated carbocycles. The van der Waals surface area contributed by atoms with Crippen LogP contribution in [0.3, 0.4) is 0 Å². The molecule has 3 rings (SSSR count). The van der Waals surface area contributed by atoms with Gasteiger partial charge in [0.1, 0.15) is 11.4 Å². The van der Waals surface area contributed by atoms with E-state index in [0.717, 1.165) is 11.3 Å². The number of para-hydroxylation sites is 1. The van der Waals surface area contributed by atoms with Gasteiger partial charge in [0.15, 0.2) is 0 Å². The third-order valence-corrected chi connectivity index (χ3v) is 4.54. The van der Waals surface area contributed by atoms with Gasteiger partial charge in [-0.3, -0.25) is 9.69 Å². The molecular weight excluding hydrogens is 358 g/mol. The highest BCUT2D eigenvalue weighted by Crippen LogP contribution is 2.29. The van der Waals surface area contributed by atoms with Crippen LogP contribution < -0.4 is 4.90 Å². The number of benzene rings is 1. The second-order valence-electron chi connectivity index (χ2n) is 8.20. The maximum atomic E-state index is 13.1. The largest absolute Gasteiger partial charge is 0.444 e. The predicted molar refractivity (Wildman–Crippen MR) is 105 cm³/mol. The average Bonchev–Trinajstić information content (AvgIpc) is 2.93. The van der Waals surface area contributed by atoms with E-state index in [1.165, 1.54) is 0 Å². The summed E-state index contributed by atoms with van der Waals surface area (Å²) in [7, 11) is 0. The molecule has 0 aliphatic carbocycles. The van der Waals surface area contributed by atoms with Gasteiger partial charge in [0.05, 0.1) is 24.7 Å². The number of aryl methyl sites for hydroxylation is 1. The number of carbonyl (C=O) groups is 2. The molecule has 1 aliphatic heterocycles. The lowest BCUT2D eigenvalue weighted by Gasteiger charge is -2.31. The number of hydrogen-bond donors (Lipinski definition) is 0. The van der Waals surface area contributed by atoms with Crippen molar-refractivity contribution in [2.75, 3.05) is 11.4 Å². The minimum absolute atomic E-state index is 0.0846. The van der Waals surface area contributed by atoms with Gasteiger partial charge >= 0.3 is 6.09 Å². The first kappa shape index (κ1) is 19.9. The first-order valence-electron chi connectivity index (χ1n) is 9.44. The van der Waals surface area contributed by atoms with Crippen LogP contribution in [0.15, 0.2) is 34.9 Å².